The summed E-state index contributed by atoms with van der Waals surface area (Å²) < 4.78 is 0. The molecule has 0 saturated heterocycles. The summed E-state index contributed by atoms with van der Waals surface area (Å²) in [5, 5.41) is 1.50. The number of rotatable bonds is 0. The fourth-order valence-corrected chi connectivity index (χ4v) is 2.05. The van der Waals surface area contributed by atoms with Crippen LogP contribution < -0.4 is 0 Å². The Morgan fingerprint density at radius 3 is 2.95 bits per heavy atom. The first-order chi connectivity index (χ1) is 9.25. The summed E-state index contributed by atoms with van der Waals surface area (Å²) in [4.78, 5) is 11.5. The molecule has 3 aromatic rings. The molecule has 0 bridgehead atoms. The molecule has 3 rings (SSSR count). The highest BCUT2D eigenvalue weighted by Crippen LogP contribution is 2.24. The number of nitrogens with zero attached hydrogens (tertiary/aromatic N) is 2. The van der Waals surface area contributed by atoms with E-state index < -0.39 is 0 Å². The zero-order valence-corrected chi connectivity index (χ0v) is 11.0. The third-order valence-corrected chi connectivity index (χ3v) is 3.25. The van der Waals surface area contributed by atoms with Gasteiger partial charge in [-0.1, -0.05) is 23.6 Å². The number of fused-ring (bicyclic) bond motifs is 1. The van der Waals surface area contributed by atoms with Crippen LogP contribution in [0.5, 0.6) is 0 Å². The molecule has 0 spiro atoms. The molecule has 0 fully saturated rings. The van der Waals surface area contributed by atoms with E-state index in [2.05, 4.69) is 26.8 Å². The van der Waals surface area contributed by atoms with Gasteiger partial charge in [-0.3, -0.25) is 0 Å². The summed E-state index contributed by atoms with van der Waals surface area (Å²) in [5.41, 5.74) is 3.28. The number of hydrogen-bond donors (Lipinski definition) is 1. The molecular weight excluding hydrogens is 258 g/mol. The summed E-state index contributed by atoms with van der Waals surface area (Å²) in [5.74, 6) is 6.06. The van der Waals surface area contributed by atoms with Crippen molar-refractivity contribution in [2.24, 2.45) is 0 Å². The largest absolute Gasteiger partial charge is 0.346 e. The Morgan fingerprint density at radius 2 is 2.11 bits per heavy atom. The maximum absolute atomic E-state index is 6.31. The predicted octanol–water partition coefficient (Wildman–Crippen LogP) is 3.32. The Morgan fingerprint density at radius 1 is 1.21 bits per heavy atom. The molecular formula is C15H10ClN3. The van der Waals surface area contributed by atoms with E-state index in [1.165, 1.54) is 0 Å². The quantitative estimate of drug-likeness (QED) is 0.635. The minimum Gasteiger partial charge on any atom is -0.346 e. The fraction of sp³-hybridized carbons (Fsp3) is 0.0667. The topological polar surface area (TPSA) is 41.6 Å². The summed E-state index contributed by atoms with van der Waals surface area (Å²) in [7, 11) is 0. The highest BCUT2D eigenvalue weighted by Gasteiger charge is 2.05. The van der Waals surface area contributed by atoms with Crippen molar-refractivity contribution < 1.29 is 0 Å². The summed E-state index contributed by atoms with van der Waals surface area (Å²) in [6, 6.07) is 5.76. The molecule has 0 aliphatic rings. The van der Waals surface area contributed by atoms with Crippen LogP contribution in [0.2, 0.25) is 5.02 Å². The highest BCUT2D eigenvalue weighted by molar-refractivity contribution is 6.36. The van der Waals surface area contributed by atoms with Crippen molar-refractivity contribution in [1.29, 1.82) is 0 Å². The number of H-pyrrole nitrogens is 1. The van der Waals surface area contributed by atoms with E-state index in [9.17, 15) is 0 Å². The number of pyridine rings is 2. The molecule has 19 heavy (non-hydrogen) atoms. The lowest BCUT2D eigenvalue weighted by Gasteiger charge is -1.97. The average molecular weight is 268 g/mol. The first-order valence-electron chi connectivity index (χ1n) is 5.81. The van der Waals surface area contributed by atoms with Gasteiger partial charge in [-0.25, -0.2) is 9.97 Å². The zero-order valence-electron chi connectivity index (χ0n) is 10.2. The summed E-state index contributed by atoms with van der Waals surface area (Å²) in [6.07, 6.45) is 5.21. The zero-order chi connectivity index (χ0) is 13.2. The predicted molar refractivity (Wildman–Crippen MR) is 76.1 cm³/mol. The van der Waals surface area contributed by atoms with Gasteiger partial charge in [0, 0.05) is 24.0 Å². The molecule has 0 amide bonds. The van der Waals surface area contributed by atoms with Crippen LogP contribution >= 0.6 is 11.6 Å². The van der Waals surface area contributed by atoms with Gasteiger partial charge in [-0.2, -0.15) is 0 Å². The maximum Gasteiger partial charge on any atom is 0.138 e. The van der Waals surface area contributed by atoms with Crippen LogP contribution in [0.15, 0.2) is 36.8 Å². The minimum atomic E-state index is 0.618. The lowest BCUT2D eigenvalue weighted by Crippen LogP contribution is -1.87. The molecule has 0 saturated carbocycles. The first kappa shape index (κ1) is 11.8. The molecule has 4 heteroatoms. The number of aromatic amines is 1. The lowest BCUT2D eigenvalue weighted by atomic mass is 10.2. The molecule has 92 valence electrons. The molecule has 0 unspecified atom stereocenters. The van der Waals surface area contributed by atoms with Crippen molar-refractivity contribution in [2.75, 3.05) is 0 Å². The molecule has 0 aliphatic heterocycles. The lowest BCUT2D eigenvalue weighted by molar-refractivity contribution is 1.23. The van der Waals surface area contributed by atoms with Gasteiger partial charge in [-0.05, 0) is 30.5 Å². The number of hydrogen-bond acceptors (Lipinski definition) is 2. The molecule has 3 heterocycles. The van der Waals surface area contributed by atoms with Crippen LogP contribution in [0.25, 0.3) is 11.0 Å². The Bertz CT molecular complexity index is 809. The molecule has 0 aromatic carbocycles. The van der Waals surface area contributed by atoms with E-state index >= 15 is 0 Å². The Balaban J connectivity index is 2.07. The SMILES string of the molecule is Cc1cccnc1C#Cc1cnc2[nH]ccc2c1Cl. The number of halogens is 1. The van der Waals surface area contributed by atoms with E-state index in [4.69, 9.17) is 11.6 Å². The Kier molecular flexibility index (Phi) is 2.94. The minimum absolute atomic E-state index is 0.618. The van der Waals surface area contributed by atoms with Crippen LogP contribution in [0.4, 0.5) is 0 Å². The average Bonchev–Trinajstić information content (AvgIpc) is 2.89. The van der Waals surface area contributed by atoms with Crippen molar-refractivity contribution in [3.63, 3.8) is 0 Å². The van der Waals surface area contributed by atoms with Crippen LogP contribution in [-0.4, -0.2) is 15.0 Å². The van der Waals surface area contributed by atoms with E-state index in [0.717, 1.165) is 22.3 Å². The third kappa shape index (κ3) is 2.18. The van der Waals surface area contributed by atoms with Crippen molar-refractivity contribution in [1.82, 2.24) is 15.0 Å². The van der Waals surface area contributed by atoms with Gasteiger partial charge in [-0.15, -0.1) is 0 Å². The second kappa shape index (κ2) is 4.75. The van der Waals surface area contributed by atoms with E-state index in [1.54, 1.807) is 12.4 Å². The van der Waals surface area contributed by atoms with Gasteiger partial charge in [0.25, 0.3) is 0 Å². The molecule has 0 radical (unpaired) electrons. The van der Waals surface area contributed by atoms with Crippen LogP contribution in [0, 0.1) is 18.8 Å². The van der Waals surface area contributed by atoms with Crippen LogP contribution in [-0.2, 0) is 0 Å². The molecule has 0 atom stereocenters. The third-order valence-electron chi connectivity index (χ3n) is 2.85. The molecule has 3 aromatic heterocycles. The van der Waals surface area contributed by atoms with Gasteiger partial charge in [0.15, 0.2) is 0 Å². The van der Waals surface area contributed by atoms with Gasteiger partial charge < -0.3 is 4.98 Å². The van der Waals surface area contributed by atoms with Crippen molar-refractivity contribution in [3.05, 3.63) is 58.6 Å². The number of nitrogens with one attached hydrogen (secondary N) is 1. The number of aromatic nitrogens is 3. The van der Waals surface area contributed by atoms with Gasteiger partial charge in [0.1, 0.15) is 11.3 Å². The fourth-order valence-electron chi connectivity index (χ4n) is 1.81. The summed E-state index contributed by atoms with van der Waals surface area (Å²) in [6.45, 7) is 1.98. The number of aryl methyl sites for hydroxylation is 1. The Hall–Kier alpha value is -2.31. The highest BCUT2D eigenvalue weighted by atomic mass is 35.5. The van der Waals surface area contributed by atoms with Crippen LogP contribution in [0.1, 0.15) is 16.8 Å². The second-order valence-electron chi connectivity index (χ2n) is 4.14. The normalized spacial score (nSPS) is 10.2. The molecule has 0 aliphatic carbocycles. The van der Waals surface area contributed by atoms with Crippen LogP contribution in [0.3, 0.4) is 0 Å². The van der Waals surface area contributed by atoms with E-state index in [-0.39, 0.29) is 0 Å². The second-order valence-corrected chi connectivity index (χ2v) is 4.52. The van der Waals surface area contributed by atoms with E-state index in [0.29, 0.717) is 10.6 Å². The molecule has 3 nitrogen and oxygen atoms in total. The van der Waals surface area contributed by atoms with Crippen molar-refractivity contribution >= 4 is 22.6 Å². The smallest absolute Gasteiger partial charge is 0.138 e. The Labute approximate surface area is 115 Å². The first-order valence-corrected chi connectivity index (χ1v) is 6.19. The van der Waals surface area contributed by atoms with Gasteiger partial charge >= 0.3 is 0 Å². The standard InChI is InChI=1S/C15H10ClN3/c1-10-3-2-7-17-13(10)5-4-11-9-19-15-12(14(11)16)6-8-18-15/h2-3,6-9H,1H3,(H,18,19). The van der Waals surface area contributed by atoms with E-state index in [1.807, 2.05) is 31.3 Å². The molecule has 1 N–H and O–H groups in total. The van der Waals surface area contributed by atoms with Gasteiger partial charge in [0.05, 0.1) is 10.6 Å². The maximum atomic E-state index is 6.31. The van der Waals surface area contributed by atoms with Crippen molar-refractivity contribution in [3.8, 4) is 11.8 Å². The summed E-state index contributed by atoms with van der Waals surface area (Å²) >= 11 is 6.31. The monoisotopic (exact) mass is 267 g/mol. The van der Waals surface area contributed by atoms with Gasteiger partial charge in [0.2, 0.25) is 0 Å². The van der Waals surface area contributed by atoms with Crippen molar-refractivity contribution in [2.45, 2.75) is 6.92 Å².